The number of thiazole rings is 1. The fourth-order valence-electron chi connectivity index (χ4n) is 2.35. The molecule has 0 spiro atoms. The Morgan fingerprint density at radius 3 is 2.76 bits per heavy atom. The van der Waals surface area contributed by atoms with Gasteiger partial charge in [-0.15, -0.1) is 11.3 Å². The van der Waals surface area contributed by atoms with Crippen LogP contribution >= 0.6 is 11.3 Å². The molecule has 1 aromatic carbocycles. The Kier molecular flexibility index (Phi) is 7.73. The number of aryl methyl sites for hydroxylation is 2. The Morgan fingerprint density at radius 2 is 2.08 bits per heavy atom. The summed E-state index contributed by atoms with van der Waals surface area (Å²) in [4.78, 5) is 10.5. The lowest BCUT2D eigenvalue weighted by molar-refractivity contribution is 0.340. The summed E-state index contributed by atoms with van der Waals surface area (Å²) in [6.45, 7) is 11.2. The van der Waals surface area contributed by atoms with Crippen LogP contribution in [-0.2, 0) is 13.0 Å². The third kappa shape index (κ3) is 6.38. The summed E-state index contributed by atoms with van der Waals surface area (Å²) < 4.78 is 5.54. The van der Waals surface area contributed by atoms with Crippen molar-refractivity contribution in [2.24, 2.45) is 4.99 Å². The van der Waals surface area contributed by atoms with Crippen LogP contribution in [0, 0.1) is 13.8 Å². The molecule has 2 aromatic rings. The molecular formula is C19H28N4OS. The quantitative estimate of drug-likeness (QED) is 0.559. The van der Waals surface area contributed by atoms with E-state index in [1.54, 1.807) is 11.3 Å². The molecule has 0 aliphatic rings. The van der Waals surface area contributed by atoms with Crippen LogP contribution in [0.4, 0.5) is 0 Å². The first-order valence-electron chi connectivity index (χ1n) is 8.79. The first kappa shape index (κ1) is 19.2. The van der Waals surface area contributed by atoms with Crippen LogP contribution in [-0.4, -0.2) is 30.6 Å². The van der Waals surface area contributed by atoms with Crippen LogP contribution in [0.15, 0.2) is 29.3 Å². The molecule has 0 aliphatic carbocycles. The maximum absolute atomic E-state index is 5.54. The number of ether oxygens (including phenoxy) is 1. The lowest BCUT2D eigenvalue weighted by Crippen LogP contribution is -2.38. The number of hydrogen-bond acceptors (Lipinski definition) is 4. The summed E-state index contributed by atoms with van der Waals surface area (Å²) >= 11 is 1.77. The van der Waals surface area contributed by atoms with Crippen molar-refractivity contribution < 1.29 is 4.74 Å². The Bertz CT molecular complexity index is 677. The summed E-state index contributed by atoms with van der Waals surface area (Å²) in [7, 11) is 0. The fourth-order valence-corrected chi connectivity index (χ4v) is 3.28. The minimum absolute atomic E-state index is 0.617. The van der Waals surface area contributed by atoms with Gasteiger partial charge in [0.1, 0.15) is 5.75 Å². The Labute approximate surface area is 154 Å². The second kappa shape index (κ2) is 10.0. The largest absolute Gasteiger partial charge is 0.494 e. The molecule has 1 aromatic heterocycles. The van der Waals surface area contributed by atoms with Gasteiger partial charge in [-0.25, -0.2) is 9.98 Å². The fraction of sp³-hybridized carbons (Fsp3) is 0.474. The van der Waals surface area contributed by atoms with Gasteiger partial charge in [-0.1, -0.05) is 12.1 Å². The standard InChI is InChI=1S/C19H28N4OS/c1-5-20-19(21-11-10-18-23-14(3)15(4)25-18)22-13-16-8-7-9-17(12-16)24-6-2/h7-9,12H,5-6,10-11,13H2,1-4H3,(H2,20,21,22). The summed E-state index contributed by atoms with van der Waals surface area (Å²) in [6.07, 6.45) is 0.906. The predicted octanol–water partition coefficient (Wildman–Crippen LogP) is 3.46. The number of nitrogens with one attached hydrogen (secondary N) is 2. The Balaban J connectivity index is 1.90. The van der Waals surface area contributed by atoms with E-state index in [2.05, 4.69) is 47.4 Å². The maximum Gasteiger partial charge on any atom is 0.191 e. The third-order valence-corrected chi connectivity index (χ3v) is 4.81. The van der Waals surface area contributed by atoms with Gasteiger partial charge in [0.05, 0.1) is 23.9 Å². The molecule has 25 heavy (non-hydrogen) atoms. The van der Waals surface area contributed by atoms with Crippen LogP contribution < -0.4 is 15.4 Å². The smallest absolute Gasteiger partial charge is 0.191 e. The highest BCUT2D eigenvalue weighted by molar-refractivity contribution is 7.11. The molecule has 0 fully saturated rings. The lowest BCUT2D eigenvalue weighted by Gasteiger charge is -2.11. The summed E-state index contributed by atoms with van der Waals surface area (Å²) in [5.74, 6) is 1.72. The van der Waals surface area contributed by atoms with Crippen LogP contribution in [0.5, 0.6) is 5.75 Å². The van der Waals surface area contributed by atoms with Crippen molar-refractivity contribution in [2.45, 2.75) is 40.7 Å². The van der Waals surface area contributed by atoms with Gasteiger partial charge in [0.25, 0.3) is 0 Å². The average molecular weight is 361 g/mol. The zero-order chi connectivity index (χ0) is 18.1. The van der Waals surface area contributed by atoms with Gasteiger partial charge in [0.2, 0.25) is 0 Å². The third-order valence-electron chi connectivity index (χ3n) is 3.68. The van der Waals surface area contributed by atoms with Crippen molar-refractivity contribution in [3.05, 3.63) is 45.4 Å². The lowest BCUT2D eigenvalue weighted by atomic mass is 10.2. The zero-order valence-corrected chi connectivity index (χ0v) is 16.4. The minimum atomic E-state index is 0.617. The van der Waals surface area contributed by atoms with Crippen molar-refractivity contribution in [1.29, 1.82) is 0 Å². The van der Waals surface area contributed by atoms with E-state index in [1.165, 1.54) is 9.88 Å². The zero-order valence-electron chi connectivity index (χ0n) is 15.6. The first-order chi connectivity index (χ1) is 12.1. The number of rotatable bonds is 8. The molecule has 6 heteroatoms. The molecule has 5 nitrogen and oxygen atoms in total. The molecule has 0 amide bonds. The van der Waals surface area contributed by atoms with Gasteiger partial charge in [0, 0.05) is 24.4 Å². The van der Waals surface area contributed by atoms with Crippen molar-refractivity contribution in [3.8, 4) is 5.75 Å². The first-order valence-corrected chi connectivity index (χ1v) is 9.60. The molecule has 2 N–H and O–H groups in total. The SMILES string of the molecule is CCNC(=NCc1cccc(OCC)c1)NCCc1nc(C)c(C)s1. The van der Waals surface area contributed by atoms with Crippen molar-refractivity contribution in [1.82, 2.24) is 15.6 Å². The summed E-state index contributed by atoms with van der Waals surface area (Å²) in [6, 6.07) is 8.08. The molecule has 0 aliphatic heterocycles. The second-order valence-corrected chi connectivity index (χ2v) is 6.99. The van der Waals surface area contributed by atoms with Crippen molar-refractivity contribution >= 4 is 17.3 Å². The van der Waals surface area contributed by atoms with Crippen molar-refractivity contribution in [3.63, 3.8) is 0 Å². The highest BCUT2D eigenvalue weighted by Crippen LogP contribution is 2.16. The number of benzene rings is 1. The topological polar surface area (TPSA) is 58.5 Å². The number of nitrogens with zero attached hydrogens (tertiary/aromatic N) is 2. The number of aromatic nitrogens is 1. The van der Waals surface area contributed by atoms with E-state index in [0.717, 1.165) is 42.5 Å². The van der Waals surface area contributed by atoms with Gasteiger partial charge >= 0.3 is 0 Å². The van der Waals surface area contributed by atoms with E-state index in [-0.39, 0.29) is 0 Å². The molecular weight excluding hydrogens is 332 g/mol. The number of guanidine groups is 1. The van der Waals surface area contributed by atoms with Crippen LogP contribution in [0.25, 0.3) is 0 Å². The van der Waals surface area contributed by atoms with Crippen LogP contribution in [0.2, 0.25) is 0 Å². The normalized spacial score (nSPS) is 11.4. The molecule has 2 rings (SSSR count). The highest BCUT2D eigenvalue weighted by Gasteiger charge is 2.04. The van der Waals surface area contributed by atoms with E-state index >= 15 is 0 Å². The van der Waals surface area contributed by atoms with Gasteiger partial charge in [0.15, 0.2) is 5.96 Å². The van der Waals surface area contributed by atoms with Crippen molar-refractivity contribution in [2.75, 3.05) is 19.7 Å². The van der Waals surface area contributed by atoms with E-state index in [1.807, 2.05) is 25.1 Å². The van der Waals surface area contributed by atoms with E-state index in [0.29, 0.717) is 13.2 Å². The predicted molar refractivity (Wildman–Crippen MR) is 106 cm³/mol. The molecule has 0 atom stereocenters. The number of aliphatic imine (C=N–C) groups is 1. The van der Waals surface area contributed by atoms with Crippen LogP contribution in [0.3, 0.4) is 0 Å². The molecule has 0 unspecified atom stereocenters. The molecule has 0 saturated heterocycles. The minimum Gasteiger partial charge on any atom is -0.494 e. The molecule has 1 heterocycles. The molecule has 0 saturated carbocycles. The van der Waals surface area contributed by atoms with Gasteiger partial charge in [-0.2, -0.15) is 0 Å². The number of hydrogen-bond donors (Lipinski definition) is 2. The Morgan fingerprint density at radius 1 is 1.24 bits per heavy atom. The monoisotopic (exact) mass is 360 g/mol. The summed E-state index contributed by atoms with van der Waals surface area (Å²) in [5.41, 5.74) is 2.27. The van der Waals surface area contributed by atoms with Gasteiger partial charge < -0.3 is 15.4 Å². The van der Waals surface area contributed by atoms with Gasteiger partial charge in [-0.3, -0.25) is 0 Å². The average Bonchev–Trinajstić information content (AvgIpc) is 2.91. The maximum atomic E-state index is 5.54. The molecule has 136 valence electrons. The van der Waals surface area contributed by atoms with E-state index < -0.39 is 0 Å². The Hall–Kier alpha value is -2.08. The molecule has 0 radical (unpaired) electrons. The van der Waals surface area contributed by atoms with E-state index in [4.69, 9.17) is 4.74 Å². The summed E-state index contributed by atoms with van der Waals surface area (Å²) in [5, 5.41) is 7.84. The second-order valence-electron chi connectivity index (χ2n) is 5.70. The van der Waals surface area contributed by atoms with Crippen LogP contribution in [0.1, 0.15) is 35.0 Å². The highest BCUT2D eigenvalue weighted by atomic mass is 32.1. The molecule has 0 bridgehead atoms. The van der Waals surface area contributed by atoms with E-state index in [9.17, 15) is 0 Å². The van der Waals surface area contributed by atoms with Gasteiger partial charge in [-0.05, 0) is 45.4 Å².